The highest BCUT2D eigenvalue weighted by atomic mass is 127. The number of halogens is 1. The standard InChI is InChI=1S/C22H34N4O.HI/c1-3-17-8-6-11-20(14-17)25-22(23-2)24-13-7-12-21(27)26-15-18-9-4-5-10-19(18)16-26;/h4-5,9-10,17,20H,3,6-8,11-16H2,1-2H3,(H2,23,24,25);1H. The van der Waals surface area contributed by atoms with E-state index in [2.05, 4.69) is 34.7 Å². The van der Waals surface area contributed by atoms with Gasteiger partial charge >= 0.3 is 0 Å². The van der Waals surface area contributed by atoms with E-state index in [4.69, 9.17) is 0 Å². The Kier molecular flexibility index (Phi) is 9.55. The first kappa shape index (κ1) is 23.0. The molecule has 3 rings (SSSR count). The van der Waals surface area contributed by atoms with Crippen molar-refractivity contribution in [3.8, 4) is 0 Å². The lowest BCUT2D eigenvalue weighted by molar-refractivity contribution is -0.131. The first-order valence-corrected chi connectivity index (χ1v) is 10.5. The van der Waals surface area contributed by atoms with Gasteiger partial charge in [0.05, 0.1) is 0 Å². The number of benzene rings is 1. The zero-order valence-corrected chi connectivity index (χ0v) is 19.6. The van der Waals surface area contributed by atoms with Crippen LogP contribution in [0.15, 0.2) is 29.3 Å². The van der Waals surface area contributed by atoms with E-state index in [0.717, 1.165) is 37.9 Å². The highest BCUT2D eigenvalue weighted by Crippen LogP contribution is 2.26. The van der Waals surface area contributed by atoms with E-state index in [9.17, 15) is 4.79 Å². The van der Waals surface area contributed by atoms with Gasteiger partial charge in [-0.3, -0.25) is 9.79 Å². The molecule has 2 N–H and O–H groups in total. The van der Waals surface area contributed by atoms with Crippen molar-refractivity contribution < 1.29 is 4.79 Å². The largest absolute Gasteiger partial charge is 0.356 e. The maximum absolute atomic E-state index is 12.5. The Hall–Kier alpha value is -1.31. The third-order valence-electron chi connectivity index (χ3n) is 5.98. The van der Waals surface area contributed by atoms with Gasteiger partial charge in [0.15, 0.2) is 5.96 Å². The van der Waals surface area contributed by atoms with Gasteiger partial charge in [-0.25, -0.2) is 0 Å². The predicted molar refractivity (Wildman–Crippen MR) is 126 cm³/mol. The number of nitrogens with zero attached hydrogens (tertiary/aromatic N) is 2. The van der Waals surface area contributed by atoms with Crippen molar-refractivity contribution in [2.45, 2.75) is 71.0 Å². The Labute approximate surface area is 186 Å². The van der Waals surface area contributed by atoms with Gasteiger partial charge in [0, 0.05) is 39.1 Å². The smallest absolute Gasteiger partial charge is 0.223 e. The fourth-order valence-electron chi connectivity index (χ4n) is 4.29. The molecule has 1 amide bonds. The van der Waals surface area contributed by atoms with Crippen LogP contribution in [0.5, 0.6) is 0 Å². The predicted octanol–water partition coefficient (Wildman–Crippen LogP) is 4.06. The normalized spacial score (nSPS) is 21.6. The summed E-state index contributed by atoms with van der Waals surface area (Å²) in [5.41, 5.74) is 2.57. The summed E-state index contributed by atoms with van der Waals surface area (Å²) in [5, 5.41) is 6.95. The zero-order valence-electron chi connectivity index (χ0n) is 17.2. The third kappa shape index (κ3) is 6.36. The van der Waals surface area contributed by atoms with Crippen LogP contribution >= 0.6 is 24.0 Å². The first-order valence-electron chi connectivity index (χ1n) is 10.5. The molecule has 1 saturated carbocycles. The number of guanidine groups is 1. The minimum absolute atomic E-state index is 0. The molecule has 2 atom stereocenters. The Morgan fingerprint density at radius 1 is 1.21 bits per heavy atom. The maximum Gasteiger partial charge on any atom is 0.223 e. The van der Waals surface area contributed by atoms with E-state index in [-0.39, 0.29) is 29.9 Å². The number of fused-ring (bicyclic) bond motifs is 1. The van der Waals surface area contributed by atoms with Crippen molar-refractivity contribution in [2.24, 2.45) is 10.9 Å². The molecule has 1 aromatic carbocycles. The van der Waals surface area contributed by atoms with Gasteiger partial charge in [-0.2, -0.15) is 0 Å². The van der Waals surface area contributed by atoms with Crippen LogP contribution in [0.2, 0.25) is 0 Å². The lowest BCUT2D eigenvalue weighted by Crippen LogP contribution is -2.45. The Morgan fingerprint density at radius 3 is 2.57 bits per heavy atom. The van der Waals surface area contributed by atoms with Gasteiger partial charge in [-0.05, 0) is 36.3 Å². The molecule has 2 aliphatic rings. The maximum atomic E-state index is 12.5. The van der Waals surface area contributed by atoms with Crippen LogP contribution in [0, 0.1) is 5.92 Å². The molecule has 1 fully saturated rings. The summed E-state index contributed by atoms with van der Waals surface area (Å²) in [4.78, 5) is 18.8. The van der Waals surface area contributed by atoms with Crippen molar-refractivity contribution in [2.75, 3.05) is 13.6 Å². The molecule has 0 bridgehead atoms. The van der Waals surface area contributed by atoms with Crippen LogP contribution < -0.4 is 10.6 Å². The molecule has 2 unspecified atom stereocenters. The van der Waals surface area contributed by atoms with E-state index in [1.54, 1.807) is 0 Å². The fraction of sp³-hybridized carbons (Fsp3) is 0.636. The minimum Gasteiger partial charge on any atom is -0.356 e. The molecule has 1 aliphatic carbocycles. The number of amides is 1. The fourth-order valence-corrected chi connectivity index (χ4v) is 4.29. The lowest BCUT2D eigenvalue weighted by Gasteiger charge is -2.30. The SMILES string of the molecule is CCC1CCCC(NC(=NC)NCCCC(=O)N2Cc3ccccc3C2)C1.I. The van der Waals surface area contributed by atoms with Gasteiger partial charge in [-0.15, -0.1) is 24.0 Å². The molecule has 28 heavy (non-hydrogen) atoms. The molecule has 0 aromatic heterocycles. The van der Waals surface area contributed by atoms with Gasteiger partial charge in [0.25, 0.3) is 0 Å². The number of carbonyl (C=O) groups excluding carboxylic acids is 1. The van der Waals surface area contributed by atoms with E-state index < -0.39 is 0 Å². The van der Waals surface area contributed by atoms with Crippen LogP contribution in [-0.4, -0.2) is 36.4 Å². The van der Waals surface area contributed by atoms with Crippen LogP contribution in [0.4, 0.5) is 0 Å². The first-order chi connectivity index (χ1) is 13.2. The second kappa shape index (κ2) is 11.6. The number of rotatable bonds is 6. The van der Waals surface area contributed by atoms with Gasteiger partial charge in [0.2, 0.25) is 5.91 Å². The molecular weight excluding hydrogens is 463 g/mol. The van der Waals surface area contributed by atoms with E-state index in [0.29, 0.717) is 12.5 Å². The summed E-state index contributed by atoms with van der Waals surface area (Å²) < 4.78 is 0. The van der Waals surface area contributed by atoms with Gasteiger partial charge < -0.3 is 15.5 Å². The molecule has 1 aliphatic heterocycles. The van der Waals surface area contributed by atoms with E-state index in [1.807, 2.05) is 24.1 Å². The average Bonchev–Trinajstić information content (AvgIpc) is 3.14. The quantitative estimate of drug-likeness (QED) is 0.269. The molecule has 5 nitrogen and oxygen atoms in total. The molecule has 0 saturated heterocycles. The molecule has 1 heterocycles. The van der Waals surface area contributed by atoms with Gasteiger partial charge in [-0.1, -0.05) is 50.5 Å². The minimum atomic E-state index is 0. The van der Waals surface area contributed by atoms with Crippen LogP contribution in [0.1, 0.15) is 63.0 Å². The summed E-state index contributed by atoms with van der Waals surface area (Å²) in [6, 6.07) is 8.86. The number of aliphatic imine (C=N–C) groups is 1. The number of hydrogen-bond donors (Lipinski definition) is 2. The average molecular weight is 498 g/mol. The Morgan fingerprint density at radius 2 is 1.93 bits per heavy atom. The monoisotopic (exact) mass is 498 g/mol. The molecule has 0 radical (unpaired) electrons. The van der Waals surface area contributed by atoms with Crippen LogP contribution in [0.3, 0.4) is 0 Å². The highest BCUT2D eigenvalue weighted by Gasteiger charge is 2.23. The van der Waals surface area contributed by atoms with Crippen molar-refractivity contribution in [3.63, 3.8) is 0 Å². The molecule has 6 heteroatoms. The van der Waals surface area contributed by atoms with Crippen molar-refractivity contribution in [1.82, 2.24) is 15.5 Å². The Balaban J connectivity index is 0.00000280. The van der Waals surface area contributed by atoms with Crippen LogP contribution in [-0.2, 0) is 17.9 Å². The van der Waals surface area contributed by atoms with Crippen molar-refractivity contribution in [1.29, 1.82) is 0 Å². The second-order valence-corrected chi connectivity index (χ2v) is 7.90. The van der Waals surface area contributed by atoms with E-state index >= 15 is 0 Å². The highest BCUT2D eigenvalue weighted by molar-refractivity contribution is 14.0. The summed E-state index contributed by atoms with van der Waals surface area (Å²) in [6.07, 6.45) is 7.82. The molecule has 156 valence electrons. The topological polar surface area (TPSA) is 56.7 Å². The number of carbonyl (C=O) groups is 1. The zero-order chi connectivity index (χ0) is 19.1. The third-order valence-corrected chi connectivity index (χ3v) is 5.98. The van der Waals surface area contributed by atoms with Gasteiger partial charge in [0.1, 0.15) is 0 Å². The van der Waals surface area contributed by atoms with Crippen molar-refractivity contribution in [3.05, 3.63) is 35.4 Å². The summed E-state index contributed by atoms with van der Waals surface area (Å²) in [6.45, 7) is 4.57. The van der Waals surface area contributed by atoms with E-state index in [1.165, 1.54) is 43.2 Å². The second-order valence-electron chi connectivity index (χ2n) is 7.90. The number of nitrogens with one attached hydrogen (secondary N) is 2. The lowest BCUT2D eigenvalue weighted by atomic mass is 9.84. The molecule has 1 aromatic rings. The summed E-state index contributed by atoms with van der Waals surface area (Å²) in [5.74, 6) is 1.96. The van der Waals surface area contributed by atoms with Crippen molar-refractivity contribution >= 4 is 35.8 Å². The Bertz CT molecular complexity index is 639. The number of hydrogen-bond acceptors (Lipinski definition) is 2. The van der Waals surface area contributed by atoms with Crippen LogP contribution in [0.25, 0.3) is 0 Å². The summed E-state index contributed by atoms with van der Waals surface area (Å²) in [7, 11) is 1.82. The summed E-state index contributed by atoms with van der Waals surface area (Å²) >= 11 is 0. The molecule has 0 spiro atoms. The molecular formula is C22H35IN4O.